The lowest BCUT2D eigenvalue weighted by Crippen LogP contribution is -2.14. The molecule has 0 spiro atoms. The summed E-state index contributed by atoms with van der Waals surface area (Å²) >= 11 is 3.03. The van der Waals surface area contributed by atoms with Crippen LogP contribution in [0.25, 0.3) is 0 Å². The molecule has 92 valence electrons. The number of nitrogens with one attached hydrogen (secondary N) is 1. The first-order valence-corrected chi connectivity index (χ1v) is 5.83. The average Bonchev–Trinajstić information content (AvgIpc) is 2.34. The van der Waals surface area contributed by atoms with E-state index in [1.54, 1.807) is 12.1 Å². The molecule has 6 heteroatoms. The number of carbonyl (C=O) groups is 1. The zero-order chi connectivity index (χ0) is 13.1. The molecule has 1 aromatic heterocycles. The predicted molar refractivity (Wildman–Crippen MR) is 70.7 cm³/mol. The summed E-state index contributed by atoms with van der Waals surface area (Å²) in [6, 6.07) is 7.34. The Morgan fingerprint density at radius 2 is 2.11 bits per heavy atom. The summed E-state index contributed by atoms with van der Waals surface area (Å²) < 4.78 is 13.6. The topological polar surface area (TPSA) is 68.0 Å². The average molecular weight is 310 g/mol. The summed E-state index contributed by atoms with van der Waals surface area (Å²) in [5.41, 5.74) is 6.52. The molecule has 1 heterocycles. The summed E-state index contributed by atoms with van der Waals surface area (Å²) in [5, 5.41) is 2.54. The van der Waals surface area contributed by atoms with Crippen molar-refractivity contribution in [2.75, 3.05) is 11.1 Å². The summed E-state index contributed by atoms with van der Waals surface area (Å²) in [6.45, 7) is 0. The van der Waals surface area contributed by atoms with Crippen molar-refractivity contribution in [2.24, 2.45) is 0 Å². The van der Waals surface area contributed by atoms with Gasteiger partial charge in [0.05, 0.1) is 4.47 Å². The number of benzene rings is 1. The van der Waals surface area contributed by atoms with Crippen LogP contribution in [0.3, 0.4) is 0 Å². The van der Waals surface area contributed by atoms with Gasteiger partial charge < -0.3 is 11.1 Å². The highest BCUT2D eigenvalue weighted by Crippen LogP contribution is 2.19. The third-order valence-electron chi connectivity index (χ3n) is 2.19. The fourth-order valence-electron chi connectivity index (χ4n) is 1.34. The Kier molecular flexibility index (Phi) is 3.57. The van der Waals surface area contributed by atoms with E-state index in [2.05, 4.69) is 26.2 Å². The number of anilines is 2. The van der Waals surface area contributed by atoms with Gasteiger partial charge in [-0.15, -0.1) is 0 Å². The van der Waals surface area contributed by atoms with Crippen molar-refractivity contribution in [1.29, 1.82) is 0 Å². The van der Waals surface area contributed by atoms with Crippen LogP contribution in [-0.2, 0) is 0 Å². The second kappa shape index (κ2) is 5.14. The first kappa shape index (κ1) is 12.5. The number of hydrogen-bond acceptors (Lipinski definition) is 3. The molecule has 0 aliphatic heterocycles. The molecule has 2 aromatic rings. The quantitative estimate of drug-likeness (QED) is 0.896. The standard InChI is InChI=1S/C12H9BrFN3O/c13-9-2-1-8(6-10(9)14)17-12(18)11-5-7(15)3-4-16-11/h1-6H,(H2,15,16)(H,17,18). The van der Waals surface area contributed by atoms with Gasteiger partial charge >= 0.3 is 0 Å². The van der Waals surface area contributed by atoms with Crippen molar-refractivity contribution >= 4 is 33.2 Å². The molecular weight excluding hydrogens is 301 g/mol. The van der Waals surface area contributed by atoms with Crippen LogP contribution in [0, 0.1) is 5.82 Å². The van der Waals surface area contributed by atoms with Crippen LogP contribution in [-0.4, -0.2) is 10.9 Å². The Hall–Kier alpha value is -1.95. The Bertz CT molecular complexity index is 604. The van der Waals surface area contributed by atoms with Crippen molar-refractivity contribution < 1.29 is 9.18 Å². The molecular formula is C12H9BrFN3O. The Morgan fingerprint density at radius 3 is 2.78 bits per heavy atom. The number of rotatable bonds is 2. The van der Waals surface area contributed by atoms with Gasteiger partial charge in [-0.1, -0.05) is 0 Å². The minimum absolute atomic E-state index is 0.179. The third-order valence-corrected chi connectivity index (χ3v) is 2.84. The molecule has 0 bridgehead atoms. The minimum Gasteiger partial charge on any atom is -0.399 e. The molecule has 0 unspecified atom stereocenters. The maximum atomic E-state index is 13.3. The van der Waals surface area contributed by atoms with Gasteiger partial charge in [-0.3, -0.25) is 9.78 Å². The number of carbonyl (C=O) groups excluding carboxylic acids is 1. The number of halogens is 2. The van der Waals surface area contributed by atoms with E-state index in [1.165, 1.54) is 24.4 Å². The fraction of sp³-hybridized carbons (Fsp3) is 0. The molecule has 0 fully saturated rings. The van der Waals surface area contributed by atoms with Crippen molar-refractivity contribution in [2.45, 2.75) is 0 Å². The lowest BCUT2D eigenvalue weighted by Gasteiger charge is -2.05. The van der Waals surface area contributed by atoms with Crippen molar-refractivity contribution in [1.82, 2.24) is 4.98 Å². The van der Waals surface area contributed by atoms with Gasteiger partial charge in [-0.2, -0.15) is 0 Å². The molecule has 0 aliphatic carbocycles. The molecule has 0 saturated heterocycles. The van der Waals surface area contributed by atoms with Crippen LogP contribution in [0.2, 0.25) is 0 Å². The zero-order valence-corrected chi connectivity index (χ0v) is 10.7. The van der Waals surface area contributed by atoms with E-state index in [1.807, 2.05) is 0 Å². The summed E-state index contributed by atoms with van der Waals surface area (Å²) in [7, 11) is 0. The van der Waals surface area contributed by atoms with E-state index < -0.39 is 11.7 Å². The van der Waals surface area contributed by atoms with Gasteiger partial charge in [0.1, 0.15) is 11.5 Å². The normalized spacial score (nSPS) is 10.1. The molecule has 3 N–H and O–H groups in total. The third kappa shape index (κ3) is 2.84. The summed E-state index contributed by atoms with van der Waals surface area (Å²) in [5.74, 6) is -0.891. The van der Waals surface area contributed by atoms with Gasteiger partial charge in [0.25, 0.3) is 5.91 Å². The lowest BCUT2D eigenvalue weighted by molar-refractivity contribution is 0.102. The van der Waals surface area contributed by atoms with Crippen molar-refractivity contribution in [3.63, 3.8) is 0 Å². The Labute approximate surface area is 111 Å². The molecule has 0 saturated carbocycles. The SMILES string of the molecule is Nc1ccnc(C(=O)Nc2ccc(Br)c(F)c2)c1. The Balaban J connectivity index is 2.18. The van der Waals surface area contributed by atoms with Crippen LogP contribution in [0.4, 0.5) is 15.8 Å². The van der Waals surface area contributed by atoms with Gasteiger partial charge in [0, 0.05) is 17.6 Å². The molecule has 0 atom stereocenters. The number of nitrogen functional groups attached to an aromatic ring is 1. The molecule has 1 amide bonds. The van der Waals surface area contributed by atoms with Gasteiger partial charge in [0.15, 0.2) is 0 Å². The number of pyridine rings is 1. The molecule has 2 rings (SSSR count). The van der Waals surface area contributed by atoms with E-state index in [4.69, 9.17) is 5.73 Å². The molecule has 4 nitrogen and oxygen atoms in total. The number of amides is 1. The van der Waals surface area contributed by atoms with Crippen molar-refractivity contribution in [3.8, 4) is 0 Å². The molecule has 18 heavy (non-hydrogen) atoms. The number of aromatic nitrogens is 1. The largest absolute Gasteiger partial charge is 0.399 e. The van der Waals surface area contributed by atoms with Crippen LogP contribution in [0.15, 0.2) is 41.0 Å². The van der Waals surface area contributed by atoms with Crippen LogP contribution >= 0.6 is 15.9 Å². The second-order valence-electron chi connectivity index (χ2n) is 3.56. The molecule has 1 aromatic carbocycles. The van der Waals surface area contributed by atoms with Crippen LogP contribution < -0.4 is 11.1 Å². The fourth-order valence-corrected chi connectivity index (χ4v) is 1.59. The first-order chi connectivity index (χ1) is 8.56. The van der Waals surface area contributed by atoms with E-state index >= 15 is 0 Å². The maximum absolute atomic E-state index is 13.3. The highest BCUT2D eigenvalue weighted by atomic mass is 79.9. The van der Waals surface area contributed by atoms with E-state index in [-0.39, 0.29) is 5.69 Å². The van der Waals surface area contributed by atoms with E-state index in [0.29, 0.717) is 15.8 Å². The summed E-state index contributed by atoms with van der Waals surface area (Å²) in [4.78, 5) is 15.7. The van der Waals surface area contributed by atoms with Crippen LogP contribution in [0.1, 0.15) is 10.5 Å². The van der Waals surface area contributed by atoms with Gasteiger partial charge in [0.2, 0.25) is 0 Å². The van der Waals surface area contributed by atoms with E-state index in [0.717, 1.165) is 0 Å². The number of nitrogens with two attached hydrogens (primary N) is 1. The lowest BCUT2D eigenvalue weighted by atomic mass is 10.2. The Morgan fingerprint density at radius 1 is 1.33 bits per heavy atom. The molecule has 0 aliphatic rings. The van der Waals surface area contributed by atoms with Crippen LogP contribution in [0.5, 0.6) is 0 Å². The van der Waals surface area contributed by atoms with Gasteiger partial charge in [-0.05, 0) is 46.3 Å². The maximum Gasteiger partial charge on any atom is 0.274 e. The monoisotopic (exact) mass is 309 g/mol. The minimum atomic E-state index is -0.451. The first-order valence-electron chi connectivity index (χ1n) is 5.04. The predicted octanol–water partition coefficient (Wildman–Crippen LogP) is 2.82. The number of hydrogen-bond donors (Lipinski definition) is 2. The van der Waals surface area contributed by atoms with E-state index in [9.17, 15) is 9.18 Å². The highest BCUT2D eigenvalue weighted by Gasteiger charge is 2.09. The zero-order valence-electron chi connectivity index (χ0n) is 9.15. The summed E-state index contributed by atoms with van der Waals surface area (Å²) in [6.07, 6.45) is 1.44. The van der Waals surface area contributed by atoms with Crippen molar-refractivity contribution in [3.05, 3.63) is 52.5 Å². The molecule has 0 radical (unpaired) electrons. The smallest absolute Gasteiger partial charge is 0.274 e. The second-order valence-corrected chi connectivity index (χ2v) is 4.41. The van der Waals surface area contributed by atoms with Gasteiger partial charge in [-0.25, -0.2) is 4.39 Å². The highest BCUT2D eigenvalue weighted by molar-refractivity contribution is 9.10. The number of nitrogens with zero attached hydrogens (tertiary/aromatic N) is 1.